The van der Waals surface area contributed by atoms with E-state index in [-0.39, 0.29) is 17.9 Å². The molecule has 0 heterocycles. The average Bonchev–Trinajstić information content (AvgIpc) is 2.47. The van der Waals surface area contributed by atoms with E-state index in [9.17, 15) is 14.9 Å². The van der Waals surface area contributed by atoms with Crippen LogP contribution < -0.4 is 4.74 Å². The fraction of sp³-hybridized carbons (Fsp3) is 0.188. The number of methoxy groups -OCH3 is 1. The lowest BCUT2D eigenvalue weighted by Crippen LogP contribution is -2.06. The van der Waals surface area contributed by atoms with Crippen LogP contribution in [0.1, 0.15) is 21.5 Å². The number of Topliss-reactive ketones (excluding diaryl/α,β-unsaturated/α-hetero) is 1. The summed E-state index contributed by atoms with van der Waals surface area (Å²) in [6.45, 7) is 1.77. The molecule has 0 saturated carbocycles. The maximum Gasteiger partial charge on any atom is 0.270 e. The van der Waals surface area contributed by atoms with E-state index in [1.807, 2.05) is 12.1 Å². The Morgan fingerprint density at radius 1 is 1.24 bits per heavy atom. The molecule has 108 valence electrons. The van der Waals surface area contributed by atoms with Gasteiger partial charge in [-0.2, -0.15) is 0 Å². The number of carbonyl (C=O) groups is 1. The van der Waals surface area contributed by atoms with Crippen LogP contribution in [0, 0.1) is 17.0 Å². The van der Waals surface area contributed by atoms with E-state index in [0.717, 1.165) is 11.1 Å². The van der Waals surface area contributed by atoms with E-state index in [0.29, 0.717) is 11.3 Å². The number of benzene rings is 2. The summed E-state index contributed by atoms with van der Waals surface area (Å²) in [6, 6.07) is 11.5. The third-order valence-corrected chi connectivity index (χ3v) is 3.23. The summed E-state index contributed by atoms with van der Waals surface area (Å²) in [4.78, 5) is 22.7. The Morgan fingerprint density at radius 3 is 2.67 bits per heavy atom. The van der Waals surface area contributed by atoms with E-state index in [2.05, 4.69) is 0 Å². The van der Waals surface area contributed by atoms with Gasteiger partial charge in [-0.25, -0.2) is 0 Å². The summed E-state index contributed by atoms with van der Waals surface area (Å²) < 4.78 is 5.12. The van der Waals surface area contributed by atoms with E-state index < -0.39 is 4.92 Å². The first-order chi connectivity index (χ1) is 10.0. The highest BCUT2D eigenvalue weighted by atomic mass is 16.6. The van der Waals surface area contributed by atoms with Gasteiger partial charge < -0.3 is 4.74 Å². The molecule has 2 aromatic carbocycles. The Kier molecular flexibility index (Phi) is 4.33. The molecule has 0 aliphatic heterocycles. The zero-order chi connectivity index (χ0) is 15.4. The van der Waals surface area contributed by atoms with Gasteiger partial charge in [0.25, 0.3) is 5.69 Å². The van der Waals surface area contributed by atoms with Gasteiger partial charge in [0.05, 0.1) is 12.0 Å². The zero-order valence-corrected chi connectivity index (χ0v) is 11.8. The normalized spacial score (nSPS) is 10.2. The molecule has 0 aliphatic carbocycles. The van der Waals surface area contributed by atoms with Crippen LogP contribution in [0.5, 0.6) is 5.75 Å². The second-order valence-electron chi connectivity index (χ2n) is 4.71. The Labute approximate surface area is 122 Å². The number of ketones is 1. The molecule has 0 radical (unpaired) electrons. The molecule has 0 amide bonds. The second-order valence-corrected chi connectivity index (χ2v) is 4.71. The van der Waals surface area contributed by atoms with Crippen LogP contribution in [0.25, 0.3) is 0 Å². The molecule has 2 aromatic rings. The van der Waals surface area contributed by atoms with Gasteiger partial charge in [0.1, 0.15) is 5.75 Å². The van der Waals surface area contributed by atoms with Gasteiger partial charge in [0, 0.05) is 24.1 Å². The third-order valence-electron chi connectivity index (χ3n) is 3.23. The fourth-order valence-electron chi connectivity index (χ4n) is 2.09. The number of rotatable bonds is 5. The van der Waals surface area contributed by atoms with Crippen molar-refractivity contribution in [3.63, 3.8) is 0 Å². The van der Waals surface area contributed by atoms with Crippen molar-refractivity contribution < 1.29 is 14.5 Å². The molecule has 0 spiro atoms. The van der Waals surface area contributed by atoms with Crippen LogP contribution in [0.3, 0.4) is 0 Å². The second kappa shape index (κ2) is 6.17. The predicted octanol–water partition coefficient (Wildman–Crippen LogP) is 3.34. The van der Waals surface area contributed by atoms with Crippen molar-refractivity contribution in [2.24, 2.45) is 0 Å². The van der Waals surface area contributed by atoms with Crippen molar-refractivity contribution in [1.82, 2.24) is 0 Å². The molecule has 0 saturated heterocycles. The Morgan fingerprint density at radius 2 is 2.00 bits per heavy atom. The Hall–Kier alpha value is -2.69. The van der Waals surface area contributed by atoms with Gasteiger partial charge in [0.15, 0.2) is 5.78 Å². The molecule has 0 aliphatic rings. The van der Waals surface area contributed by atoms with E-state index in [4.69, 9.17) is 4.74 Å². The quantitative estimate of drug-likeness (QED) is 0.480. The molecule has 0 aromatic heterocycles. The molecular weight excluding hydrogens is 270 g/mol. The molecule has 5 heteroatoms. The summed E-state index contributed by atoms with van der Waals surface area (Å²) >= 11 is 0. The highest BCUT2D eigenvalue weighted by Crippen LogP contribution is 2.20. The molecule has 0 N–H and O–H groups in total. The molecule has 0 atom stereocenters. The summed E-state index contributed by atoms with van der Waals surface area (Å²) in [5.74, 6) is 0.528. The first-order valence-electron chi connectivity index (χ1n) is 6.42. The lowest BCUT2D eigenvalue weighted by Gasteiger charge is -2.06. The van der Waals surface area contributed by atoms with Crippen LogP contribution in [0.2, 0.25) is 0 Å². The van der Waals surface area contributed by atoms with Gasteiger partial charge >= 0.3 is 0 Å². The molecule has 0 fully saturated rings. The van der Waals surface area contributed by atoms with Gasteiger partial charge in [-0.3, -0.25) is 14.9 Å². The first-order valence-corrected chi connectivity index (χ1v) is 6.42. The SMILES string of the molecule is COc1cccc(CC(=O)c2cc([N+](=O)[O-])ccc2C)c1. The minimum absolute atomic E-state index is 0.0745. The first kappa shape index (κ1) is 14.7. The number of nitrogens with zero attached hydrogens (tertiary/aromatic N) is 1. The smallest absolute Gasteiger partial charge is 0.270 e. The number of nitro groups is 1. The molecule has 0 unspecified atom stereocenters. The standard InChI is InChI=1S/C16H15NO4/c1-11-6-7-13(17(19)20)10-15(11)16(18)9-12-4-3-5-14(8-12)21-2/h3-8,10H,9H2,1-2H3. The molecular formula is C16H15NO4. The number of ether oxygens (including phenoxy) is 1. The van der Waals surface area contributed by atoms with Gasteiger partial charge in [-0.1, -0.05) is 18.2 Å². The van der Waals surface area contributed by atoms with Crippen LogP contribution in [0.15, 0.2) is 42.5 Å². The average molecular weight is 285 g/mol. The Bertz CT molecular complexity index is 694. The predicted molar refractivity (Wildman–Crippen MR) is 78.9 cm³/mol. The highest BCUT2D eigenvalue weighted by molar-refractivity contribution is 5.99. The largest absolute Gasteiger partial charge is 0.497 e. The summed E-state index contributed by atoms with van der Waals surface area (Å²) in [7, 11) is 1.56. The van der Waals surface area contributed by atoms with Crippen molar-refractivity contribution in [1.29, 1.82) is 0 Å². The molecule has 5 nitrogen and oxygen atoms in total. The number of carbonyl (C=O) groups excluding carboxylic acids is 1. The summed E-state index contributed by atoms with van der Waals surface area (Å²) in [5.41, 5.74) is 1.85. The van der Waals surface area contributed by atoms with E-state index in [1.54, 1.807) is 32.2 Å². The van der Waals surface area contributed by atoms with Gasteiger partial charge in [0.2, 0.25) is 0 Å². The minimum atomic E-state index is -0.498. The lowest BCUT2D eigenvalue weighted by atomic mass is 9.98. The highest BCUT2D eigenvalue weighted by Gasteiger charge is 2.15. The lowest BCUT2D eigenvalue weighted by molar-refractivity contribution is -0.384. The number of non-ortho nitro benzene ring substituents is 1. The summed E-state index contributed by atoms with van der Waals surface area (Å²) in [5, 5.41) is 10.8. The topological polar surface area (TPSA) is 69.4 Å². The molecule has 2 rings (SSSR count). The minimum Gasteiger partial charge on any atom is -0.497 e. The van der Waals surface area contributed by atoms with Crippen LogP contribution >= 0.6 is 0 Å². The number of hydrogen-bond acceptors (Lipinski definition) is 4. The Balaban J connectivity index is 2.27. The zero-order valence-electron chi connectivity index (χ0n) is 11.8. The molecule has 0 bridgehead atoms. The van der Waals surface area contributed by atoms with Gasteiger partial charge in [-0.15, -0.1) is 0 Å². The molecule has 21 heavy (non-hydrogen) atoms. The number of nitro benzene ring substituents is 1. The maximum atomic E-state index is 12.3. The monoisotopic (exact) mass is 285 g/mol. The van der Waals surface area contributed by atoms with Crippen molar-refractivity contribution in [2.45, 2.75) is 13.3 Å². The van der Waals surface area contributed by atoms with Crippen molar-refractivity contribution in [2.75, 3.05) is 7.11 Å². The number of hydrogen-bond donors (Lipinski definition) is 0. The maximum absolute atomic E-state index is 12.3. The van der Waals surface area contributed by atoms with Crippen molar-refractivity contribution >= 4 is 11.5 Å². The van der Waals surface area contributed by atoms with Crippen LogP contribution in [-0.2, 0) is 6.42 Å². The van der Waals surface area contributed by atoms with Gasteiger partial charge in [-0.05, 0) is 30.2 Å². The number of aryl methyl sites for hydroxylation is 1. The van der Waals surface area contributed by atoms with E-state index >= 15 is 0 Å². The third kappa shape index (κ3) is 3.45. The van der Waals surface area contributed by atoms with Crippen molar-refractivity contribution in [3.05, 3.63) is 69.3 Å². The fourth-order valence-corrected chi connectivity index (χ4v) is 2.09. The van der Waals surface area contributed by atoms with Crippen LogP contribution in [-0.4, -0.2) is 17.8 Å². The van der Waals surface area contributed by atoms with Crippen LogP contribution in [0.4, 0.5) is 5.69 Å². The van der Waals surface area contributed by atoms with Crippen molar-refractivity contribution in [3.8, 4) is 5.75 Å². The summed E-state index contributed by atoms with van der Waals surface area (Å²) in [6.07, 6.45) is 0.180. The van der Waals surface area contributed by atoms with E-state index in [1.165, 1.54) is 12.1 Å².